The number of hydrogen-bond acceptors (Lipinski definition) is 5. The minimum Gasteiger partial charge on any atom is -0.490 e. The lowest BCUT2D eigenvalue weighted by Crippen LogP contribution is -2.25. The Labute approximate surface area is 182 Å². The Hall–Kier alpha value is -2.86. The Morgan fingerprint density at radius 2 is 1.80 bits per heavy atom. The first-order valence-electron chi connectivity index (χ1n) is 10.2. The van der Waals surface area contributed by atoms with Gasteiger partial charge in [0.05, 0.1) is 18.9 Å². The van der Waals surface area contributed by atoms with E-state index in [-0.39, 0.29) is 5.91 Å². The van der Waals surface area contributed by atoms with Gasteiger partial charge in [0, 0.05) is 29.0 Å². The molecular formula is C24H28N2O3S. The highest BCUT2D eigenvalue weighted by molar-refractivity contribution is 7.15. The number of benzene rings is 2. The van der Waals surface area contributed by atoms with Crippen LogP contribution in [-0.2, 0) is 6.42 Å². The number of thiazole rings is 1. The highest BCUT2D eigenvalue weighted by atomic mass is 32.1. The van der Waals surface area contributed by atoms with Gasteiger partial charge in [0.25, 0.3) is 5.91 Å². The minimum atomic E-state index is -0.125. The standard InChI is InChI=1S/C24H28N2O3S/c1-5-28-20-11-10-18(15-21(20)29-6-2)23(27)25-13-12-22-17(4)26-24(30-22)19-9-7-8-16(3)14-19/h7-11,14-15H,5-6,12-13H2,1-4H3,(H,25,27). The van der Waals surface area contributed by atoms with Crippen LogP contribution in [0.1, 0.15) is 40.3 Å². The third kappa shape index (κ3) is 5.39. The predicted octanol–water partition coefficient (Wildman–Crippen LogP) is 5.20. The molecule has 0 aliphatic carbocycles. The average molecular weight is 425 g/mol. The van der Waals surface area contributed by atoms with Gasteiger partial charge >= 0.3 is 0 Å². The predicted molar refractivity (Wildman–Crippen MR) is 122 cm³/mol. The second-order valence-corrected chi connectivity index (χ2v) is 8.01. The van der Waals surface area contributed by atoms with Gasteiger partial charge < -0.3 is 14.8 Å². The van der Waals surface area contributed by atoms with Crippen molar-refractivity contribution in [3.05, 3.63) is 64.2 Å². The van der Waals surface area contributed by atoms with Gasteiger partial charge in [-0.15, -0.1) is 11.3 Å². The average Bonchev–Trinajstić information content (AvgIpc) is 3.10. The molecule has 158 valence electrons. The number of carbonyl (C=O) groups excluding carboxylic acids is 1. The van der Waals surface area contributed by atoms with Crippen LogP contribution in [0.4, 0.5) is 0 Å². The normalized spacial score (nSPS) is 10.7. The molecule has 1 heterocycles. The van der Waals surface area contributed by atoms with Gasteiger partial charge in [-0.2, -0.15) is 0 Å². The molecule has 0 aliphatic rings. The number of amides is 1. The first-order chi connectivity index (χ1) is 14.5. The van der Waals surface area contributed by atoms with Gasteiger partial charge in [-0.3, -0.25) is 4.79 Å². The zero-order chi connectivity index (χ0) is 21.5. The van der Waals surface area contributed by atoms with Crippen LogP contribution in [0.3, 0.4) is 0 Å². The Bertz CT molecular complexity index is 1010. The van der Waals surface area contributed by atoms with Crippen LogP contribution in [0.25, 0.3) is 10.6 Å². The van der Waals surface area contributed by atoms with E-state index in [2.05, 4.69) is 36.5 Å². The van der Waals surface area contributed by atoms with E-state index in [0.717, 1.165) is 22.7 Å². The molecule has 5 nitrogen and oxygen atoms in total. The molecule has 3 aromatic rings. The van der Waals surface area contributed by atoms with Crippen LogP contribution in [-0.4, -0.2) is 30.6 Å². The number of nitrogens with zero attached hydrogens (tertiary/aromatic N) is 1. The van der Waals surface area contributed by atoms with Gasteiger partial charge in [0.15, 0.2) is 11.5 Å². The van der Waals surface area contributed by atoms with Crippen molar-refractivity contribution in [3.8, 4) is 22.1 Å². The second kappa shape index (κ2) is 10.3. The van der Waals surface area contributed by atoms with Gasteiger partial charge in [0.1, 0.15) is 5.01 Å². The van der Waals surface area contributed by atoms with E-state index in [9.17, 15) is 4.79 Å². The molecule has 0 aliphatic heterocycles. The fourth-order valence-corrected chi connectivity index (χ4v) is 4.20. The maximum Gasteiger partial charge on any atom is 0.251 e. The topological polar surface area (TPSA) is 60.5 Å². The van der Waals surface area contributed by atoms with Crippen molar-refractivity contribution >= 4 is 17.2 Å². The third-order valence-corrected chi connectivity index (χ3v) is 5.87. The highest BCUT2D eigenvalue weighted by Gasteiger charge is 2.13. The maximum atomic E-state index is 12.6. The van der Waals surface area contributed by atoms with Crippen molar-refractivity contribution < 1.29 is 14.3 Å². The molecule has 30 heavy (non-hydrogen) atoms. The van der Waals surface area contributed by atoms with Crippen LogP contribution < -0.4 is 14.8 Å². The van der Waals surface area contributed by atoms with Gasteiger partial charge in [-0.05, 0) is 52.0 Å². The summed E-state index contributed by atoms with van der Waals surface area (Å²) in [4.78, 5) is 18.5. The zero-order valence-corrected chi connectivity index (χ0v) is 18.8. The number of aryl methyl sites for hydroxylation is 2. The van der Waals surface area contributed by atoms with Crippen LogP contribution in [0.15, 0.2) is 42.5 Å². The summed E-state index contributed by atoms with van der Waals surface area (Å²) in [5.74, 6) is 1.12. The Morgan fingerprint density at radius 1 is 1.03 bits per heavy atom. The summed E-state index contributed by atoms with van der Waals surface area (Å²) in [6, 6.07) is 13.6. The molecule has 6 heteroatoms. The van der Waals surface area contributed by atoms with Crippen molar-refractivity contribution in [2.45, 2.75) is 34.1 Å². The molecule has 0 spiro atoms. The summed E-state index contributed by atoms with van der Waals surface area (Å²) in [5.41, 5.74) is 3.93. The van der Waals surface area contributed by atoms with E-state index in [1.165, 1.54) is 10.4 Å². The maximum absolute atomic E-state index is 12.6. The van der Waals surface area contributed by atoms with Crippen molar-refractivity contribution in [3.63, 3.8) is 0 Å². The third-order valence-electron chi connectivity index (χ3n) is 4.60. The number of carbonyl (C=O) groups is 1. The highest BCUT2D eigenvalue weighted by Crippen LogP contribution is 2.29. The number of aromatic nitrogens is 1. The van der Waals surface area contributed by atoms with Gasteiger partial charge in [-0.25, -0.2) is 4.98 Å². The van der Waals surface area contributed by atoms with Crippen molar-refractivity contribution in [1.29, 1.82) is 0 Å². The van der Waals surface area contributed by atoms with Crippen molar-refractivity contribution in [2.75, 3.05) is 19.8 Å². The van der Waals surface area contributed by atoms with E-state index in [1.54, 1.807) is 29.5 Å². The first kappa shape index (κ1) is 21.8. The molecule has 2 aromatic carbocycles. The molecule has 1 amide bonds. The van der Waals surface area contributed by atoms with Gasteiger partial charge in [-0.1, -0.05) is 23.8 Å². The minimum absolute atomic E-state index is 0.125. The van der Waals surface area contributed by atoms with E-state index in [1.807, 2.05) is 20.8 Å². The zero-order valence-electron chi connectivity index (χ0n) is 18.0. The largest absolute Gasteiger partial charge is 0.490 e. The molecule has 0 saturated carbocycles. The molecular weight excluding hydrogens is 396 g/mol. The molecule has 1 N–H and O–H groups in total. The number of rotatable bonds is 9. The summed E-state index contributed by atoms with van der Waals surface area (Å²) in [5, 5.41) is 4.02. The molecule has 0 atom stereocenters. The van der Waals surface area contributed by atoms with Crippen LogP contribution in [0, 0.1) is 13.8 Å². The molecule has 0 saturated heterocycles. The Kier molecular flexibility index (Phi) is 7.46. The lowest BCUT2D eigenvalue weighted by molar-refractivity contribution is 0.0953. The summed E-state index contributed by atoms with van der Waals surface area (Å²) < 4.78 is 11.2. The van der Waals surface area contributed by atoms with Gasteiger partial charge in [0.2, 0.25) is 0 Å². The first-order valence-corrected chi connectivity index (χ1v) is 11.0. The van der Waals surface area contributed by atoms with Crippen LogP contribution >= 0.6 is 11.3 Å². The molecule has 0 radical (unpaired) electrons. The summed E-state index contributed by atoms with van der Waals surface area (Å²) >= 11 is 1.69. The summed E-state index contributed by atoms with van der Waals surface area (Å²) in [7, 11) is 0. The fraction of sp³-hybridized carbons (Fsp3) is 0.333. The van der Waals surface area contributed by atoms with E-state index >= 15 is 0 Å². The molecule has 1 aromatic heterocycles. The number of hydrogen-bond donors (Lipinski definition) is 1. The summed E-state index contributed by atoms with van der Waals surface area (Å²) in [6.45, 7) is 9.54. The van der Waals surface area contributed by atoms with E-state index in [4.69, 9.17) is 14.5 Å². The lowest BCUT2D eigenvalue weighted by atomic mass is 10.1. The summed E-state index contributed by atoms with van der Waals surface area (Å²) in [6.07, 6.45) is 0.746. The molecule has 0 unspecified atom stereocenters. The Morgan fingerprint density at radius 3 is 2.53 bits per heavy atom. The SMILES string of the molecule is CCOc1ccc(C(=O)NCCc2sc(-c3cccc(C)c3)nc2C)cc1OCC. The quantitative estimate of drug-likeness (QED) is 0.513. The fourth-order valence-electron chi connectivity index (χ4n) is 3.15. The number of ether oxygens (including phenoxy) is 2. The van der Waals surface area contributed by atoms with Crippen LogP contribution in [0.5, 0.6) is 11.5 Å². The van der Waals surface area contributed by atoms with E-state index < -0.39 is 0 Å². The molecule has 0 bridgehead atoms. The second-order valence-electron chi connectivity index (χ2n) is 6.93. The number of nitrogens with one attached hydrogen (secondary N) is 1. The molecule has 0 fully saturated rings. The van der Waals surface area contributed by atoms with Crippen LogP contribution in [0.2, 0.25) is 0 Å². The van der Waals surface area contributed by atoms with E-state index in [0.29, 0.717) is 36.8 Å². The Balaban J connectivity index is 1.63. The van der Waals surface area contributed by atoms with Crippen molar-refractivity contribution in [2.24, 2.45) is 0 Å². The van der Waals surface area contributed by atoms with Crippen molar-refractivity contribution in [1.82, 2.24) is 10.3 Å². The lowest BCUT2D eigenvalue weighted by Gasteiger charge is -2.12. The monoisotopic (exact) mass is 424 g/mol. The molecule has 3 rings (SSSR count). The smallest absolute Gasteiger partial charge is 0.251 e.